The Morgan fingerprint density at radius 2 is 1.77 bits per heavy atom. The van der Waals surface area contributed by atoms with E-state index in [-0.39, 0.29) is 18.5 Å². The smallest absolute Gasteiger partial charge is 0.227 e. The predicted octanol–water partition coefficient (Wildman–Crippen LogP) is 4.73. The highest BCUT2D eigenvalue weighted by atomic mass is 35.5. The number of ether oxygens (including phenoxy) is 3. The van der Waals surface area contributed by atoms with Crippen molar-refractivity contribution in [2.45, 2.75) is 38.5 Å². The first-order chi connectivity index (χ1) is 21.1. The second-order valence-corrected chi connectivity index (χ2v) is 11.2. The van der Waals surface area contributed by atoms with Crippen molar-refractivity contribution in [1.82, 2.24) is 35.1 Å². The van der Waals surface area contributed by atoms with Crippen LogP contribution in [-0.2, 0) is 11.3 Å². The van der Waals surface area contributed by atoms with Crippen LogP contribution in [0.2, 0.25) is 5.02 Å². The fourth-order valence-electron chi connectivity index (χ4n) is 5.63. The third-order valence-electron chi connectivity index (χ3n) is 7.90. The molecule has 6 rings (SSSR count). The molecule has 1 atom stereocenters. The van der Waals surface area contributed by atoms with E-state index in [1.807, 2.05) is 25.1 Å². The van der Waals surface area contributed by atoms with Gasteiger partial charge in [0, 0.05) is 61.9 Å². The molecule has 12 nitrogen and oxygen atoms in total. The number of nitrogens with zero attached hydrogens (tertiary/aromatic N) is 8. The lowest BCUT2D eigenvalue weighted by Crippen LogP contribution is -2.49. The molecule has 2 aromatic heterocycles. The molecule has 0 amide bonds. The summed E-state index contributed by atoms with van der Waals surface area (Å²) in [5.74, 6) is 1.79. The fraction of sp³-hybridized carbons (Fsp3) is 0.433. The first-order valence-corrected chi connectivity index (χ1v) is 14.9. The number of benzene rings is 2. The Bertz CT molecular complexity index is 1480. The Labute approximate surface area is 268 Å². The molecule has 2 aliphatic rings. The van der Waals surface area contributed by atoms with Gasteiger partial charge in [-0.25, -0.2) is 14.6 Å². The van der Waals surface area contributed by atoms with Gasteiger partial charge in [-0.15, -0.1) is 17.5 Å². The van der Waals surface area contributed by atoms with Crippen molar-refractivity contribution in [2.75, 3.05) is 56.7 Å². The first kappa shape index (κ1) is 31.7. The molecule has 0 bridgehead atoms. The summed E-state index contributed by atoms with van der Waals surface area (Å²) in [6.07, 6.45) is 7.21. The van der Waals surface area contributed by atoms with Gasteiger partial charge in [0.15, 0.2) is 0 Å². The van der Waals surface area contributed by atoms with Gasteiger partial charge in [0.2, 0.25) is 5.95 Å². The van der Waals surface area contributed by atoms with E-state index in [0.29, 0.717) is 29.3 Å². The lowest BCUT2D eigenvalue weighted by molar-refractivity contribution is 0.0115. The standard InChI is InChI=1S/C30H36ClN9O3.ClH/c1-21(19-40-20-34-36-37-40)43-28-15-22(3-5-26(28)31)23-17-32-30(33-18-23)35-27-6-4-25(16-29(27)41-2)38-9-7-24(8-10-38)39-11-13-42-14-12-39;/h3-6,15-18,20-21,24H,7-14,19H2,1-2H3,(H,32,33,35);1H. The maximum atomic E-state index is 6.42. The average Bonchev–Trinajstić information content (AvgIpc) is 3.56. The Kier molecular flexibility index (Phi) is 10.7. The minimum Gasteiger partial charge on any atom is -0.494 e. The number of rotatable bonds is 10. The number of halogens is 2. The predicted molar refractivity (Wildman–Crippen MR) is 172 cm³/mol. The zero-order valence-electron chi connectivity index (χ0n) is 24.8. The SMILES string of the molecule is COc1cc(N2CCC(N3CCOCC3)CC2)ccc1Nc1ncc(-c2ccc(Cl)c(OC(C)Cn3cnnn3)c2)cn1.Cl. The summed E-state index contributed by atoms with van der Waals surface area (Å²) in [5.41, 5.74) is 3.69. The Morgan fingerprint density at radius 1 is 1.00 bits per heavy atom. The topological polar surface area (TPSA) is 116 Å². The Balaban J connectivity index is 0.00000384. The molecule has 0 aliphatic carbocycles. The largest absolute Gasteiger partial charge is 0.494 e. The van der Waals surface area contributed by atoms with Crippen molar-refractivity contribution >= 4 is 41.3 Å². The van der Waals surface area contributed by atoms with Gasteiger partial charge in [0.25, 0.3) is 0 Å². The van der Waals surface area contributed by atoms with Crippen LogP contribution in [0.1, 0.15) is 19.8 Å². The van der Waals surface area contributed by atoms with Crippen molar-refractivity contribution < 1.29 is 14.2 Å². The van der Waals surface area contributed by atoms with Crippen LogP contribution in [-0.4, -0.2) is 93.7 Å². The van der Waals surface area contributed by atoms with Gasteiger partial charge < -0.3 is 24.4 Å². The normalized spacial score (nSPS) is 16.7. The number of hydrogen-bond acceptors (Lipinski definition) is 11. The van der Waals surface area contributed by atoms with Crippen molar-refractivity contribution in [3.8, 4) is 22.6 Å². The molecule has 4 aromatic rings. The van der Waals surface area contributed by atoms with E-state index in [0.717, 1.165) is 80.5 Å². The number of morpholine rings is 1. The molecular formula is C30H37Cl2N9O3. The molecule has 44 heavy (non-hydrogen) atoms. The van der Waals surface area contributed by atoms with Gasteiger partial charge in [-0.05, 0) is 60.0 Å². The van der Waals surface area contributed by atoms with Crippen molar-refractivity contribution in [3.63, 3.8) is 0 Å². The van der Waals surface area contributed by atoms with Gasteiger partial charge in [0.1, 0.15) is 23.9 Å². The summed E-state index contributed by atoms with van der Waals surface area (Å²) in [6, 6.07) is 12.5. The molecular weight excluding hydrogens is 605 g/mol. The van der Waals surface area contributed by atoms with Crippen LogP contribution in [0.3, 0.4) is 0 Å². The van der Waals surface area contributed by atoms with Crippen molar-refractivity contribution in [2.24, 2.45) is 0 Å². The van der Waals surface area contributed by atoms with Gasteiger partial charge >= 0.3 is 0 Å². The van der Waals surface area contributed by atoms with Gasteiger partial charge in [0.05, 0.1) is 37.6 Å². The minimum absolute atomic E-state index is 0. The molecule has 234 valence electrons. The molecule has 2 aliphatic heterocycles. The molecule has 1 unspecified atom stereocenters. The zero-order valence-corrected chi connectivity index (χ0v) is 26.4. The highest BCUT2D eigenvalue weighted by Crippen LogP contribution is 2.34. The van der Waals surface area contributed by atoms with Crippen LogP contribution in [0.15, 0.2) is 55.1 Å². The van der Waals surface area contributed by atoms with Crippen molar-refractivity contribution in [1.29, 1.82) is 0 Å². The van der Waals surface area contributed by atoms with Crippen LogP contribution < -0.4 is 19.7 Å². The summed E-state index contributed by atoms with van der Waals surface area (Å²) in [5, 5.41) is 15.0. The molecule has 2 fully saturated rings. The highest BCUT2D eigenvalue weighted by Gasteiger charge is 2.26. The molecule has 0 spiro atoms. The number of nitrogens with one attached hydrogen (secondary N) is 1. The van der Waals surface area contributed by atoms with Crippen LogP contribution >= 0.6 is 24.0 Å². The second-order valence-electron chi connectivity index (χ2n) is 10.8. The second kappa shape index (κ2) is 14.8. The van der Waals surface area contributed by atoms with E-state index in [1.165, 1.54) is 0 Å². The Morgan fingerprint density at radius 3 is 2.48 bits per heavy atom. The van der Waals surface area contributed by atoms with Gasteiger partial charge in [-0.3, -0.25) is 4.90 Å². The number of anilines is 3. The van der Waals surface area contributed by atoms with E-state index in [2.05, 4.69) is 52.7 Å². The van der Waals surface area contributed by atoms with Gasteiger partial charge in [-0.1, -0.05) is 17.7 Å². The Hall–Kier alpha value is -3.71. The summed E-state index contributed by atoms with van der Waals surface area (Å²) in [4.78, 5) is 14.1. The third kappa shape index (κ3) is 7.68. The van der Waals surface area contributed by atoms with Crippen LogP contribution in [0.5, 0.6) is 11.5 Å². The lowest BCUT2D eigenvalue weighted by Gasteiger charge is -2.40. The van der Waals surface area contributed by atoms with E-state index >= 15 is 0 Å². The molecule has 2 saturated heterocycles. The highest BCUT2D eigenvalue weighted by molar-refractivity contribution is 6.32. The zero-order chi connectivity index (χ0) is 29.6. The number of methoxy groups -OCH3 is 1. The summed E-state index contributed by atoms with van der Waals surface area (Å²) < 4.78 is 18.9. The number of tetrazole rings is 1. The molecule has 14 heteroatoms. The molecule has 4 heterocycles. The fourth-order valence-corrected chi connectivity index (χ4v) is 5.79. The summed E-state index contributed by atoms with van der Waals surface area (Å²) >= 11 is 6.42. The molecule has 0 radical (unpaired) electrons. The minimum atomic E-state index is -0.192. The molecule has 0 saturated carbocycles. The molecule has 1 N–H and O–H groups in total. The van der Waals surface area contributed by atoms with Crippen molar-refractivity contribution in [3.05, 3.63) is 60.1 Å². The maximum absolute atomic E-state index is 6.42. The van der Waals surface area contributed by atoms with E-state index < -0.39 is 0 Å². The molecule has 2 aromatic carbocycles. The van der Waals surface area contributed by atoms with Gasteiger partial charge in [-0.2, -0.15) is 0 Å². The third-order valence-corrected chi connectivity index (χ3v) is 8.22. The number of piperidine rings is 1. The summed E-state index contributed by atoms with van der Waals surface area (Å²) in [6.45, 7) is 8.26. The number of hydrogen-bond donors (Lipinski definition) is 1. The van der Waals surface area contributed by atoms with Crippen LogP contribution in [0, 0.1) is 0 Å². The average molecular weight is 643 g/mol. The van der Waals surface area contributed by atoms with E-state index in [1.54, 1.807) is 36.6 Å². The maximum Gasteiger partial charge on any atom is 0.227 e. The monoisotopic (exact) mass is 641 g/mol. The van der Waals surface area contributed by atoms with Crippen LogP contribution in [0.4, 0.5) is 17.3 Å². The van der Waals surface area contributed by atoms with E-state index in [4.69, 9.17) is 25.8 Å². The van der Waals surface area contributed by atoms with E-state index in [9.17, 15) is 0 Å². The first-order valence-electron chi connectivity index (χ1n) is 14.6. The number of aromatic nitrogens is 6. The quantitative estimate of drug-likeness (QED) is 0.259. The summed E-state index contributed by atoms with van der Waals surface area (Å²) in [7, 11) is 1.68. The van der Waals surface area contributed by atoms with Crippen LogP contribution in [0.25, 0.3) is 11.1 Å². The lowest BCUT2D eigenvalue weighted by atomic mass is 10.0.